The van der Waals surface area contributed by atoms with Crippen LogP contribution in [0.5, 0.6) is 0 Å². The molecule has 4 nitrogen and oxygen atoms in total. The van der Waals surface area contributed by atoms with Crippen LogP contribution in [0, 0.1) is 0 Å². The number of unbranched alkanes of at least 4 members (excludes halogenated alkanes) is 1. The van der Waals surface area contributed by atoms with Gasteiger partial charge in [-0.3, -0.25) is 14.5 Å². The molecule has 1 aliphatic heterocycles. The highest BCUT2D eigenvalue weighted by atomic mass is 16.3. The molecule has 0 bridgehead atoms. The summed E-state index contributed by atoms with van der Waals surface area (Å²) in [5.74, 6) is -0.427. The first-order chi connectivity index (χ1) is 11.2. The van der Waals surface area contributed by atoms with E-state index in [0.29, 0.717) is 30.5 Å². The first kappa shape index (κ1) is 15.4. The van der Waals surface area contributed by atoms with Crippen LogP contribution in [0.25, 0.3) is 0 Å². The van der Waals surface area contributed by atoms with E-state index < -0.39 is 6.10 Å². The number of rotatable bonds is 6. The van der Waals surface area contributed by atoms with Crippen LogP contribution in [0.1, 0.15) is 51.6 Å². The lowest BCUT2D eigenvalue weighted by molar-refractivity contribution is 0.0649. The maximum absolute atomic E-state index is 12.2. The van der Waals surface area contributed by atoms with Crippen LogP contribution in [0.2, 0.25) is 0 Å². The number of hydrogen-bond acceptors (Lipinski definition) is 3. The second-order valence-electron chi connectivity index (χ2n) is 5.73. The van der Waals surface area contributed by atoms with E-state index in [1.807, 2.05) is 30.3 Å². The fourth-order valence-corrected chi connectivity index (χ4v) is 2.89. The zero-order valence-corrected chi connectivity index (χ0v) is 12.8. The van der Waals surface area contributed by atoms with Crippen molar-refractivity contribution in [1.29, 1.82) is 0 Å². The Balaban J connectivity index is 1.50. The van der Waals surface area contributed by atoms with Crippen molar-refractivity contribution in [2.24, 2.45) is 0 Å². The third kappa shape index (κ3) is 3.17. The van der Waals surface area contributed by atoms with Crippen molar-refractivity contribution in [3.8, 4) is 0 Å². The van der Waals surface area contributed by atoms with Crippen LogP contribution < -0.4 is 0 Å². The molecule has 0 aromatic heterocycles. The van der Waals surface area contributed by atoms with Crippen LogP contribution in [-0.4, -0.2) is 28.4 Å². The normalized spacial score (nSPS) is 14.9. The van der Waals surface area contributed by atoms with Crippen LogP contribution in [0.15, 0.2) is 54.6 Å². The van der Waals surface area contributed by atoms with Gasteiger partial charge in [-0.15, -0.1) is 0 Å². The number of imide groups is 1. The highest BCUT2D eigenvalue weighted by Crippen LogP contribution is 2.24. The Morgan fingerprint density at radius 2 is 1.39 bits per heavy atom. The second kappa shape index (κ2) is 6.75. The lowest BCUT2D eigenvalue weighted by Gasteiger charge is -2.15. The average Bonchev–Trinajstić information content (AvgIpc) is 2.84. The zero-order chi connectivity index (χ0) is 16.2. The molecule has 23 heavy (non-hydrogen) atoms. The SMILES string of the molecule is O=C1c2ccccc2C(=O)N1CCCC[C@H](O)c1ccccc1. The molecule has 0 aliphatic carbocycles. The summed E-state index contributed by atoms with van der Waals surface area (Å²) < 4.78 is 0. The van der Waals surface area contributed by atoms with E-state index >= 15 is 0 Å². The Labute approximate surface area is 135 Å². The number of carbonyl (C=O) groups is 2. The summed E-state index contributed by atoms with van der Waals surface area (Å²) in [5, 5.41) is 10.1. The van der Waals surface area contributed by atoms with Crippen molar-refractivity contribution in [3.05, 3.63) is 71.3 Å². The van der Waals surface area contributed by atoms with Crippen molar-refractivity contribution in [2.45, 2.75) is 25.4 Å². The monoisotopic (exact) mass is 309 g/mol. The molecule has 3 rings (SSSR count). The lowest BCUT2D eigenvalue weighted by Crippen LogP contribution is -2.30. The number of fused-ring (bicyclic) bond motifs is 1. The van der Waals surface area contributed by atoms with Crippen molar-refractivity contribution in [2.75, 3.05) is 6.54 Å². The average molecular weight is 309 g/mol. The van der Waals surface area contributed by atoms with Crippen molar-refractivity contribution in [1.82, 2.24) is 4.90 Å². The molecule has 0 spiro atoms. The van der Waals surface area contributed by atoms with Crippen LogP contribution in [-0.2, 0) is 0 Å². The Hall–Kier alpha value is -2.46. The van der Waals surface area contributed by atoms with Gasteiger partial charge in [0.05, 0.1) is 17.2 Å². The summed E-state index contributed by atoms with van der Waals surface area (Å²) in [4.78, 5) is 25.7. The molecule has 4 heteroatoms. The van der Waals surface area contributed by atoms with Crippen molar-refractivity contribution in [3.63, 3.8) is 0 Å². The van der Waals surface area contributed by atoms with E-state index in [4.69, 9.17) is 0 Å². The van der Waals surface area contributed by atoms with Crippen LogP contribution in [0.4, 0.5) is 0 Å². The Morgan fingerprint density at radius 1 is 0.826 bits per heavy atom. The standard InChI is InChI=1S/C19H19NO3/c21-17(14-8-2-1-3-9-14)12-6-7-13-20-18(22)15-10-4-5-11-16(15)19(20)23/h1-5,8-11,17,21H,6-7,12-13H2/t17-/m0/s1. The maximum Gasteiger partial charge on any atom is 0.261 e. The molecular weight excluding hydrogens is 290 g/mol. The highest BCUT2D eigenvalue weighted by Gasteiger charge is 2.34. The van der Waals surface area contributed by atoms with Crippen LogP contribution in [0.3, 0.4) is 0 Å². The number of amides is 2. The minimum Gasteiger partial charge on any atom is -0.388 e. The van der Waals surface area contributed by atoms with Gasteiger partial charge in [-0.2, -0.15) is 0 Å². The predicted molar refractivity (Wildman–Crippen MR) is 87.1 cm³/mol. The number of benzene rings is 2. The molecule has 0 saturated heterocycles. The van der Waals surface area contributed by atoms with E-state index in [2.05, 4.69) is 0 Å². The van der Waals surface area contributed by atoms with Gasteiger partial charge in [0.2, 0.25) is 0 Å². The van der Waals surface area contributed by atoms with Crippen molar-refractivity contribution >= 4 is 11.8 Å². The molecule has 1 aliphatic rings. The number of nitrogens with zero attached hydrogens (tertiary/aromatic N) is 1. The fraction of sp³-hybridized carbons (Fsp3) is 0.263. The van der Waals surface area contributed by atoms with Gasteiger partial charge in [-0.25, -0.2) is 0 Å². The minimum absolute atomic E-state index is 0.214. The first-order valence-electron chi connectivity index (χ1n) is 7.86. The van der Waals surface area contributed by atoms with Gasteiger partial charge >= 0.3 is 0 Å². The quantitative estimate of drug-likeness (QED) is 0.658. The fourth-order valence-electron chi connectivity index (χ4n) is 2.89. The number of carbonyl (C=O) groups excluding carboxylic acids is 2. The lowest BCUT2D eigenvalue weighted by atomic mass is 10.0. The van der Waals surface area contributed by atoms with E-state index in [-0.39, 0.29) is 11.8 Å². The third-order valence-electron chi connectivity index (χ3n) is 4.17. The molecule has 1 N–H and O–H groups in total. The summed E-state index contributed by atoms with van der Waals surface area (Å²) in [6.45, 7) is 0.397. The Kier molecular flexibility index (Phi) is 4.53. The van der Waals surface area contributed by atoms with Gasteiger partial charge in [0.1, 0.15) is 0 Å². The molecule has 0 unspecified atom stereocenters. The smallest absolute Gasteiger partial charge is 0.261 e. The summed E-state index contributed by atoms with van der Waals surface area (Å²) >= 11 is 0. The number of aliphatic hydroxyl groups is 1. The second-order valence-corrected chi connectivity index (χ2v) is 5.73. The molecule has 0 saturated carbocycles. The molecular formula is C19H19NO3. The summed E-state index contributed by atoms with van der Waals surface area (Å²) in [5.41, 5.74) is 1.87. The van der Waals surface area contributed by atoms with Gasteiger partial charge in [0.15, 0.2) is 0 Å². The third-order valence-corrected chi connectivity index (χ3v) is 4.17. The first-order valence-corrected chi connectivity index (χ1v) is 7.86. The summed E-state index contributed by atoms with van der Waals surface area (Å²) in [6, 6.07) is 16.4. The van der Waals surface area contributed by atoms with E-state index in [0.717, 1.165) is 12.0 Å². The zero-order valence-electron chi connectivity index (χ0n) is 12.8. The largest absolute Gasteiger partial charge is 0.388 e. The molecule has 1 heterocycles. The number of aliphatic hydroxyl groups excluding tert-OH is 1. The van der Waals surface area contributed by atoms with Gasteiger partial charge in [0.25, 0.3) is 11.8 Å². The summed E-state index contributed by atoms with van der Waals surface area (Å²) in [7, 11) is 0. The maximum atomic E-state index is 12.2. The van der Waals surface area contributed by atoms with E-state index in [9.17, 15) is 14.7 Å². The van der Waals surface area contributed by atoms with E-state index in [1.165, 1.54) is 4.90 Å². The molecule has 0 fully saturated rings. The predicted octanol–water partition coefficient (Wildman–Crippen LogP) is 3.19. The van der Waals surface area contributed by atoms with E-state index in [1.54, 1.807) is 24.3 Å². The van der Waals surface area contributed by atoms with Crippen molar-refractivity contribution < 1.29 is 14.7 Å². The Morgan fingerprint density at radius 3 is 2.00 bits per heavy atom. The van der Waals surface area contributed by atoms with Gasteiger partial charge in [0, 0.05) is 6.54 Å². The molecule has 118 valence electrons. The Bertz CT molecular complexity index is 677. The van der Waals surface area contributed by atoms with Gasteiger partial charge in [-0.1, -0.05) is 42.5 Å². The summed E-state index contributed by atoms with van der Waals surface area (Å²) in [6.07, 6.45) is 1.56. The molecule has 2 amide bonds. The minimum atomic E-state index is -0.502. The molecule has 1 atom stereocenters. The highest BCUT2D eigenvalue weighted by molar-refractivity contribution is 6.21. The van der Waals surface area contributed by atoms with Crippen LogP contribution >= 0.6 is 0 Å². The molecule has 2 aromatic rings. The van der Waals surface area contributed by atoms with Gasteiger partial charge in [-0.05, 0) is 37.0 Å². The molecule has 0 radical (unpaired) electrons. The van der Waals surface area contributed by atoms with Gasteiger partial charge < -0.3 is 5.11 Å². The number of hydrogen-bond donors (Lipinski definition) is 1. The molecule has 2 aromatic carbocycles. The topological polar surface area (TPSA) is 57.6 Å².